The molecular formula is C16H21N3O. The lowest BCUT2D eigenvalue weighted by molar-refractivity contribution is 0.0913. The molecule has 0 aliphatic carbocycles. The topological polar surface area (TPSA) is 56.1 Å². The van der Waals surface area contributed by atoms with Crippen molar-refractivity contribution in [3.63, 3.8) is 0 Å². The second kappa shape index (κ2) is 6.53. The summed E-state index contributed by atoms with van der Waals surface area (Å²) in [5.74, 6) is 0.0272. The van der Waals surface area contributed by atoms with E-state index in [2.05, 4.69) is 16.3 Å². The first-order valence-corrected chi connectivity index (χ1v) is 7.08. The van der Waals surface area contributed by atoms with E-state index in [1.54, 1.807) is 0 Å². The van der Waals surface area contributed by atoms with E-state index in [9.17, 15) is 4.79 Å². The van der Waals surface area contributed by atoms with E-state index in [0.717, 1.165) is 42.6 Å². The summed E-state index contributed by atoms with van der Waals surface area (Å²) in [6.45, 7) is 6.18. The molecule has 0 saturated carbocycles. The number of nitriles is 1. The van der Waals surface area contributed by atoms with Gasteiger partial charge in [0.2, 0.25) is 0 Å². The van der Waals surface area contributed by atoms with Crippen molar-refractivity contribution in [2.75, 3.05) is 19.6 Å². The first-order chi connectivity index (χ1) is 9.61. The van der Waals surface area contributed by atoms with Crippen molar-refractivity contribution >= 4 is 5.91 Å². The third-order valence-corrected chi connectivity index (χ3v) is 3.93. The molecule has 0 radical (unpaired) electrons. The minimum atomic E-state index is 0.0272. The molecule has 1 N–H and O–H groups in total. The van der Waals surface area contributed by atoms with E-state index in [1.807, 2.05) is 32.0 Å². The number of likely N-dealkylation sites (tertiary alicyclic amines) is 1. The lowest BCUT2D eigenvalue weighted by atomic mass is 10.00. The van der Waals surface area contributed by atoms with Crippen molar-refractivity contribution < 1.29 is 4.79 Å². The maximum absolute atomic E-state index is 12.4. The third kappa shape index (κ3) is 3.37. The van der Waals surface area contributed by atoms with Crippen molar-refractivity contribution in [1.29, 1.82) is 5.26 Å². The fourth-order valence-corrected chi connectivity index (χ4v) is 2.77. The van der Waals surface area contributed by atoms with Crippen molar-refractivity contribution in [2.24, 2.45) is 0 Å². The van der Waals surface area contributed by atoms with Crippen molar-refractivity contribution in [3.05, 3.63) is 34.9 Å². The number of hydrogen-bond donors (Lipinski definition) is 1. The number of piperidine rings is 1. The molecule has 1 aliphatic rings. The van der Waals surface area contributed by atoms with E-state index < -0.39 is 0 Å². The van der Waals surface area contributed by atoms with Gasteiger partial charge in [0.05, 0.1) is 12.6 Å². The largest absolute Gasteiger partial charge is 0.349 e. The average molecular weight is 271 g/mol. The van der Waals surface area contributed by atoms with Gasteiger partial charge in [-0.15, -0.1) is 0 Å². The maximum Gasteiger partial charge on any atom is 0.252 e. The van der Waals surface area contributed by atoms with Crippen LogP contribution in [0.5, 0.6) is 0 Å². The minimum absolute atomic E-state index is 0.0272. The summed E-state index contributed by atoms with van der Waals surface area (Å²) in [4.78, 5) is 14.5. The van der Waals surface area contributed by atoms with Crippen LogP contribution in [0.25, 0.3) is 0 Å². The predicted octanol–water partition coefficient (Wildman–Crippen LogP) is 2.02. The van der Waals surface area contributed by atoms with Crippen LogP contribution >= 0.6 is 0 Å². The van der Waals surface area contributed by atoms with Gasteiger partial charge in [0.25, 0.3) is 5.91 Å². The van der Waals surface area contributed by atoms with Gasteiger partial charge in [0, 0.05) is 24.7 Å². The number of benzene rings is 1. The Morgan fingerprint density at radius 2 is 1.95 bits per heavy atom. The van der Waals surface area contributed by atoms with E-state index in [-0.39, 0.29) is 11.9 Å². The molecule has 0 bridgehead atoms. The summed E-state index contributed by atoms with van der Waals surface area (Å²) < 4.78 is 0. The number of amides is 1. The van der Waals surface area contributed by atoms with Gasteiger partial charge in [-0.2, -0.15) is 5.26 Å². The van der Waals surface area contributed by atoms with Gasteiger partial charge in [-0.05, 0) is 37.8 Å². The Balaban J connectivity index is 1.95. The van der Waals surface area contributed by atoms with Crippen LogP contribution in [0.1, 0.15) is 34.3 Å². The van der Waals surface area contributed by atoms with Crippen LogP contribution in [-0.4, -0.2) is 36.5 Å². The molecule has 4 heteroatoms. The molecule has 1 aromatic rings. The highest BCUT2D eigenvalue weighted by molar-refractivity contribution is 5.97. The number of carbonyl (C=O) groups excluding carboxylic acids is 1. The molecule has 0 aromatic heterocycles. The number of carbonyl (C=O) groups is 1. The lowest BCUT2D eigenvalue weighted by Gasteiger charge is -2.30. The number of hydrogen-bond acceptors (Lipinski definition) is 3. The van der Waals surface area contributed by atoms with Crippen molar-refractivity contribution in [1.82, 2.24) is 10.2 Å². The van der Waals surface area contributed by atoms with Crippen LogP contribution in [0, 0.1) is 25.2 Å². The van der Waals surface area contributed by atoms with E-state index >= 15 is 0 Å². The van der Waals surface area contributed by atoms with Crippen LogP contribution in [-0.2, 0) is 0 Å². The molecule has 0 unspecified atom stereocenters. The molecule has 1 fully saturated rings. The zero-order valence-corrected chi connectivity index (χ0v) is 12.1. The summed E-state index contributed by atoms with van der Waals surface area (Å²) in [5, 5.41) is 11.8. The van der Waals surface area contributed by atoms with E-state index in [4.69, 9.17) is 5.26 Å². The fraction of sp³-hybridized carbons (Fsp3) is 0.500. The van der Waals surface area contributed by atoms with Gasteiger partial charge < -0.3 is 5.32 Å². The second-order valence-electron chi connectivity index (χ2n) is 5.45. The zero-order chi connectivity index (χ0) is 14.5. The molecule has 20 heavy (non-hydrogen) atoms. The molecule has 1 aromatic carbocycles. The van der Waals surface area contributed by atoms with E-state index in [0.29, 0.717) is 6.54 Å². The van der Waals surface area contributed by atoms with Gasteiger partial charge >= 0.3 is 0 Å². The van der Waals surface area contributed by atoms with Crippen LogP contribution in [0.3, 0.4) is 0 Å². The number of nitrogens with one attached hydrogen (secondary N) is 1. The highest BCUT2D eigenvalue weighted by atomic mass is 16.1. The van der Waals surface area contributed by atoms with Gasteiger partial charge in [-0.3, -0.25) is 9.69 Å². The summed E-state index contributed by atoms with van der Waals surface area (Å²) in [6, 6.07) is 8.30. The second-order valence-corrected chi connectivity index (χ2v) is 5.45. The SMILES string of the molecule is Cc1cccc(C)c1C(=O)NC1CCN(CC#N)CC1. The molecule has 106 valence electrons. The molecule has 0 spiro atoms. The normalized spacial score (nSPS) is 16.6. The number of nitrogens with zero attached hydrogens (tertiary/aromatic N) is 2. The van der Waals surface area contributed by atoms with Gasteiger partial charge in [0.15, 0.2) is 0 Å². The van der Waals surface area contributed by atoms with Crippen LogP contribution < -0.4 is 5.32 Å². The third-order valence-electron chi connectivity index (χ3n) is 3.93. The van der Waals surface area contributed by atoms with Gasteiger partial charge in [-0.25, -0.2) is 0 Å². The molecular weight excluding hydrogens is 250 g/mol. The molecule has 4 nitrogen and oxygen atoms in total. The Morgan fingerprint density at radius 1 is 1.35 bits per heavy atom. The monoisotopic (exact) mass is 271 g/mol. The average Bonchev–Trinajstić information content (AvgIpc) is 2.41. The zero-order valence-electron chi connectivity index (χ0n) is 12.1. The minimum Gasteiger partial charge on any atom is -0.349 e. The number of aryl methyl sites for hydroxylation is 2. The Morgan fingerprint density at radius 3 is 2.50 bits per heavy atom. The Kier molecular flexibility index (Phi) is 4.75. The quantitative estimate of drug-likeness (QED) is 0.856. The Hall–Kier alpha value is -1.86. The molecule has 1 heterocycles. The van der Waals surface area contributed by atoms with Crippen LogP contribution in [0.2, 0.25) is 0 Å². The molecule has 0 atom stereocenters. The maximum atomic E-state index is 12.4. The standard InChI is InChI=1S/C16H21N3O/c1-12-4-3-5-13(2)15(12)16(20)18-14-6-9-19(10-7-14)11-8-17/h3-5,14H,6-7,9-11H2,1-2H3,(H,18,20). The Labute approximate surface area is 120 Å². The molecule has 1 aliphatic heterocycles. The van der Waals surface area contributed by atoms with Crippen molar-refractivity contribution in [3.8, 4) is 6.07 Å². The first-order valence-electron chi connectivity index (χ1n) is 7.08. The summed E-state index contributed by atoms with van der Waals surface area (Å²) in [5.41, 5.74) is 2.83. The lowest BCUT2D eigenvalue weighted by Crippen LogP contribution is -2.44. The summed E-state index contributed by atoms with van der Waals surface area (Å²) in [6.07, 6.45) is 1.83. The highest BCUT2D eigenvalue weighted by Crippen LogP contribution is 2.15. The molecule has 1 amide bonds. The van der Waals surface area contributed by atoms with Gasteiger partial charge in [-0.1, -0.05) is 18.2 Å². The Bertz CT molecular complexity index is 505. The smallest absolute Gasteiger partial charge is 0.252 e. The van der Waals surface area contributed by atoms with Crippen molar-refractivity contribution in [2.45, 2.75) is 32.7 Å². The fourth-order valence-electron chi connectivity index (χ4n) is 2.77. The summed E-state index contributed by atoms with van der Waals surface area (Å²) in [7, 11) is 0. The van der Waals surface area contributed by atoms with Crippen LogP contribution in [0.15, 0.2) is 18.2 Å². The van der Waals surface area contributed by atoms with E-state index in [1.165, 1.54) is 0 Å². The van der Waals surface area contributed by atoms with Gasteiger partial charge in [0.1, 0.15) is 0 Å². The number of rotatable bonds is 3. The predicted molar refractivity (Wildman–Crippen MR) is 78.5 cm³/mol. The first kappa shape index (κ1) is 14.5. The summed E-state index contributed by atoms with van der Waals surface area (Å²) >= 11 is 0. The molecule has 1 saturated heterocycles. The highest BCUT2D eigenvalue weighted by Gasteiger charge is 2.22. The molecule has 2 rings (SSSR count). The van der Waals surface area contributed by atoms with Crippen LogP contribution in [0.4, 0.5) is 0 Å².